The highest BCUT2D eigenvalue weighted by atomic mass is 32.1. The van der Waals surface area contributed by atoms with Gasteiger partial charge in [-0.15, -0.1) is 11.3 Å². The van der Waals surface area contributed by atoms with Crippen LogP contribution in [0.2, 0.25) is 0 Å². The summed E-state index contributed by atoms with van der Waals surface area (Å²) in [6.45, 7) is 7.92. The lowest BCUT2D eigenvalue weighted by Gasteiger charge is -2.41. The number of aryl methyl sites for hydroxylation is 1. The minimum Gasteiger partial charge on any atom is -0.381 e. The smallest absolute Gasteiger partial charge is 0.0659 e. The highest BCUT2D eigenvalue weighted by Gasteiger charge is 2.34. The Bertz CT molecular complexity index is 867. The van der Waals surface area contributed by atoms with E-state index < -0.39 is 0 Å². The Hall–Kier alpha value is -1.95. The first-order valence-corrected chi connectivity index (χ1v) is 12.0. The third-order valence-electron chi connectivity index (χ3n) is 6.29. The van der Waals surface area contributed by atoms with Crippen molar-refractivity contribution >= 4 is 11.3 Å². The second-order valence-corrected chi connectivity index (χ2v) is 9.56. The Balaban J connectivity index is 1.30. The highest BCUT2D eigenvalue weighted by molar-refractivity contribution is 7.09. The summed E-state index contributed by atoms with van der Waals surface area (Å²) in [5, 5.41) is 6.76. The Morgan fingerprint density at radius 3 is 2.60 bits per heavy atom. The molecule has 1 saturated heterocycles. The molecule has 160 valence electrons. The molecule has 4 rings (SSSR count). The van der Waals surface area contributed by atoms with Crippen molar-refractivity contribution in [2.75, 3.05) is 26.3 Å². The standard InChI is InChI=1S/C25H33N3OS/c1-2-29-21-25(11-10-24-9-6-16-30-24)12-14-27(15-13-25)18-23-17-26-28(20-23)19-22-7-4-3-5-8-22/h3-9,16-17,20H,2,10-15,18-19,21H2,1H3. The predicted molar refractivity (Wildman–Crippen MR) is 124 cm³/mol. The monoisotopic (exact) mass is 423 g/mol. The normalized spacial score (nSPS) is 16.7. The zero-order valence-corrected chi connectivity index (χ0v) is 18.8. The summed E-state index contributed by atoms with van der Waals surface area (Å²) in [4.78, 5) is 4.08. The van der Waals surface area contributed by atoms with E-state index in [0.717, 1.165) is 39.4 Å². The van der Waals surface area contributed by atoms with Crippen LogP contribution in [0.15, 0.2) is 60.2 Å². The maximum atomic E-state index is 5.93. The zero-order valence-electron chi connectivity index (χ0n) is 18.0. The molecule has 0 N–H and O–H groups in total. The third kappa shape index (κ3) is 5.81. The highest BCUT2D eigenvalue weighted by Crippen LogP contribution is 2.37. The average Bonchev–Trinajstić information content (AvgIpc) is 3.45. The van der Waals surface area contributed by atoms with Gasteiger partial charge in [0.05, 0.1) is 19.3 Å². The van der Waals surface area contributed by atoms with Crippen molar-refractivity contribution in [3.8, 4) is 0 Å². The van der Waals surface area contributed by atoms with E-state index in [-0.39, 0.29) is 0 Å². The molecule has 3 aromatic rings. The van der Waals surface area contributed by atoms with Crippen LogP contribution in [0.1, 0.15) is 42.2 Å². The summed E-state index contributed by atoms with van der Waals surface area (Å²) in [7, 11) is 0. The Morgan fingerprint density at radius 1 is 1.03 bits per heavy atom. The van der Waals surface area contributed by atoms with Gasteiger partial charge in [-0.25, -0.2) is 0 Å². The van der Waals surface area contributed by atoms with Gasteiger partial charge in [0, 0.05) is 29.8 Å². The van der Waals surface area contributed by atoms with Crippen LogP contribution in [0.3, 0.4) is 0 Å². The molecule has 0 amide bonds. The molecule has 0 unspecified atom stereocenters. The fourth-order valence-electron chi connectivity index (χ4n) is 4.42. The topological polar surface area (TPSA) is 30.3 Å². The van der Waals surface area contributed by atoms with E-state index in [4.69, 9.17) is 4.74 Å². The van der Waals surface area contributed by atoms with Gasteiger partial charge in [-0.2, -0.15) is 5.10 Å². The Morgan fingerprint density at radius 2 is 1.87 bits per heavy atom. The molecule has 3 heterocycles. The molecule has 0 spiro atoms. The molecular weight excluding hydrogens is 390 g/mol. The predicted octanol–water partition coefficient (Wildman–Crippen LogP) is 5.24. The molecule has 0 saturated carbocycles. The Kier molecular flexibility index (Phi) is 7.37. The maximum Gasteiger partial charge on any atom is 0.0659 e. The van der Waals surface area contributed by atoms with Crippen LogP contribution in [0.25, 0.3) is 0 Å². The van der Waals surface area contributed by atoms with Gasteiger partial charge in [0.1, 0.15) is 0 Å². The first kappa shape index (κ1) is 21.3. The fourth-order valence-corrected chi connectivity index (χ4v) is 5.13. The summed E-state index contributed by atoms with van der Waals surface area (Å²) in [6.07, 6.45) is 9.08. The Labute approximate surface area is 184 Å². The summed E-state index contributed by atoms with van der Waals surface area (Å²) in [5.74, 6) is 0. The molecule has 0 atom stereocenters. The molecule has 1 fully saturated rings. The van der Waals surface area contributed by atoms with Crippen LogP contribution in [0.5, 0.6) is 0 Å². The summed E-state index contributed by atoms with van der Waals surface area (Å²) < 4.78 is 7.98. The summed E-state index contributed by atoms with van der Waals surface area (Å²) >= 11 is 1.88. The quantitative estimate of drug-likeness (QED) is 0.446. The lowest BCUT2D eigenvalue weighted by Crippen LogP contribution is -2.42. The van der Waals surface area contributed by atoms with Gasteiger partial charge in [-0.3, -0.25) is 9.58 Å². The zero-order chi connectivity index (χ0) is 20.7. The van der Waals surface area contributed by atoms with E-state index in [2.05, 4.69) is 75.6 Å². The molecule has 1 aliphatic heterocycles. The molecular formula is C25H33N3OS. The molecule has 0 radical (unpaired) electrons. The van der Waals surface area contributed by atoms with Gasteiger partial charge < -0.3 is 4.74 Å². The number of ether oxygens (including phenoxy) is 1. The van der Waals surface area contributed by atoms with Crippen molar-refractivity contribution < 1.29 is 4.74 Å². The summed E-state index contributed by atoms with van der Waals surface area (Å²) in [6, 6.07) is 15.0. The van der Waals surface area contributed by atoms with Crippen molar-refractivity contribution in [3.63, 3.8) is 0 Å². The van der Waals surface area contributed by atoms with Crippen molar-refractivity contribution in [1.29, 1.82) is 0 Å². The van der Waals surface area contributed by atoms with Gasteiger partial charge in [0.2, 0.25) is 0 Å². The number of hydrogen-bond donors (Lipinski definition) is 0. The molecule has 30 heavy (non-hydrogen) atoms. The number of thiophene rings is 1. The van der Waals surface area contributed by atoms with Crippen molar-refractivity contribution in [3.05, 3.63) is 76.2 Å². The van der Waals surface area contributed by atoms with Crippen LogP contribution < -0.4 is 0 Å². The van der Waals surface area contributed by atoms with Gasteiger partial charge in [0.25, 0.3) is 0 Å². The van der Waals surface area contributed by atoms with E-state index in [1.165, 1.54) is 41.7 Å². The maximum absolute atomic E-state index is 5.93. The molecule has 0 bridgehead atoms. The molecule has 1 aliphatic rings. The molecule has 0 aliphatic carbocycles. The van der Waals surface area contributed by atoms with E-state index in [1.807, 2.05) is 17.5 Å². The number of rotatable bonds is 10. The van der Waals surface area contributed by atoms with Gasteiger partial charge >= 0.3 is 0 Å². The van der Waals surface area contributed by atoms with Gasteiger partial charge in [0.15, 0.2) is 0 Å². The van der Waals surface area contributed by atoms with Crippen LogP contribution in [0.4, 0.5) is 0 Å². The van der Waals surface area contributed by atoms with Crippen LogP contribution >= 0.6 is 11.3 Å². The van der Waals surface area contributed by atoms with E-state index in [0.29, 0.717) is 5.41 Å². The third-order valence-corrected chi connectivity index (χ3v) is 7.23. The van der Waals surface area contributed by atoms with Crippen LogP contribution in [-0.2, 0) is 24.2 Å². The van der Waals surface area contributed by atoms with E-state index in [1.54, 1.807) is 0 Å². The first-order chi connectivity index (χ1) is 14.7. The molecule has 5 heteroatoms. The number of hydrogen-bond acceptors (Lipinski definition) is 4. The largest absolute Gasteiger partial charge is 0.381 e. The number of likely N-dealkylation sites (tertiary alicyclic amines) is 1. The van der Waals surface area contributed by atoms with Crippen molar-refractivity contribution in [2.45, 2.75) is 45.7 Å². The number of piperidine rings is 1. The number of benzene rings is 1. The molecule has 4 nitrogen and oxygen atoms in total. The molecule has 1 aromatic carbocycles. The van der Waals surface area contributed by atoms with E-state index in [9.17, 15) is 0 Å². The van der Waals surface area contributed by atoms with Crippen LogP contribution in [0, 0.1) is 5.41 Å². The number of nitrogens with zero attached hydrogens (tertiary/aromatic N) is 3. The lowest BCUT2D eigenvalue weighted by molar-refractivity contribution is -0.00221. The summed E-state index contributed by atoms with van der Waals surface area (Å²) in [5.41, 5.74) is 2.92. The number of aromatic nitrogens is 2. The second kappa shape index (κ2) is 10.4. The first-order valence-electron chi connectivity index (χ1n) is 11.1. The minimum atomic E-state index is 0.327. The van der Waals surface area contributed by atoms with Crippen LogP contribution in [-0.4, -0.2) is 41.0 Å². The van der Waals surface area contributed by atoms with Gasteiger partial charge in [-0.1, -0.05) is 36.4 Å². The fraction of sp³-hybridized carbons (Fsp3) is 0.480. The average molecular weight is 424 g/mol. The van der Waals surface area contributed by atoms with Crippen molar-refractivity contribution in [1.82, 2.24) is 14.7 Å². The minimum absolute atomic E-state index is 0.327. The second-order valence-electron chi connectivity index (χ2n) is 8.52. The molecule has 2 aromatic heterocycles. The van der Waals surface area contributed by atoms with Crippen molar-refractivity contribution in [2.24, 2.45) is 5.41 Å². The van der Waals surface area contributed by atoms with Gasteiger partial charge in [-0.05, 0) is 68.1 Å². The SMILES string of the molecule is CCOCC1(CCc2cccs2)CCN(Cc2cnn(Cc3ccccc3)c2)CC1. The lowest BCUT2D eigenvalue weighted by atomic mass is 9.75. The van der Waals surface area contributed by atoms with E-state index >= 15 is 0 Å².